The minimum absolute atomic E-state index is 2.45. The molecule has 1 rings (SSSR count). The van der Waals surface area contributed by atoms with Crippen molar-refractivity contribution in [3.05, 3.63) is 0 Å². The van der Waals surface area contributed by atoms with Crippen LogP contribution in [0, 0.1) is 0 Å². The fourth-order valence-electron chi connectivity index (χ4n) is 0.563. The first kappa shape index (κ1) is 6.80. The Bertz CT molecular complexity index is 96.7. The molecule has 0 unspecified atom stereocenters. The minimum Gasteiger partial charge on any atom is -0.308 e. The predicted molar refractivity (Wildman–Crippen MR) is 20.7 cm³/mol. The van der Waals surface area contributed by atoms with E-state index in [2.05, 4.69) is 4.74 Å². The highest BCUT2D eigenvalue weighted by Crippen LogP contribution is 2.27. The number of ether oxygens (including phenoxy) is 1. The third-order valence-corrected chi connectivity index (χ3v) is 1.06. The molecule has 4 atom stereocenters. The van der Waals surface area contributed by atoms with Gasteiger partial charge in [-0.3, -0.25) is 0 Å². The molecule has 1 saturated heterocycles. The fourth-order valence-corrected chi connectivity index (χ4v) is 0.563. The molecule has 9 heavy (non-hydrogen) atoms. The second-order valence-electron chi connectivity index (χ2n) is 1.73. The Balaban J connectivity index is 2.54. The van der Waals surface area contributed by atoms with E-state index in [9.17, 15) is 17.6 Å². The number of hydrogen-bond donors (Lipinski definition) is 0. The normalized spacial score (nSPS) is 52.0. The van der Waals surface area contributed by atoms with E-state index in [-0.39, 0.29) is 0 Å². The molecule has 1 fully saturated rings. The molecule has 5 heteroatoms. The largest absolute Gasteiger partial charge is 0.308 e. The first-order valence-electron chi connectivity index (χ1n) is 2.34. The summed E-state index contributed by atoms with van der Waals surface area (Å²) in [5.74, 6) is 0. The lowest BCUT2D eigenvalue weighted by Gasteiger charge is -1.98. The molecular weight excluding hydrogens is 140 g/mol. The molecule has 0 spiro atoms. The molecule has 0 aromatic carbocycles. The Morgan fingerprint density at radius 3 is 1.22 bits per heavy atom. The molecule has 1 nitrogen and oxygen atoms in total. The SMILES string of the molecule is F[C@H]1[C@H](F)[C@H](F)O[C@H]1F. The maximum absolute atomic E-state index is 11.8. The van der Waals surface area contributed by atoms with Gasteiger partial charge in [0.2, 0.25) is 12.7 Å². The molecule has 0 aromatic rings. The van der Waals surface area contributed by atoms with Crippen LogP contribution in [0.3, 0.4) is 0 Å². The molecule has 0 aromatic heterocycles. The van der Waals surface area contributed by atoms with Gasteiger partial charge in [-0.2, -0.15) is 0 Å². The smallest absolute Gasteiger partial charge is 0.236 e. The predicted octanol–water partition coefficient (Wildman–Crippen LogP) is 1.28. The maximum Gasteiger partial charge on any atom is 0.236 e. The molecule has 1 aliphatic rings. The summed E-state index contributed by atoms with van der Waals surface area (Å²) in [5, 5.41) is 0. The van der Waals surface area contributed by atoms with Crippen molar-refractivity contribution in [3.8, 4) is 0 Å². The molecule has 0 N–H and O–H groups in total. The van der Waals surface area contributed by atoms with Gasteiger partial charge in [-0.25, -0.2) is 17.6 Å². The highest BCUT2D eigenvalue weighted by atomic mass is 19.2. The Kier molecular flexibility index (Phi) is 1.61. The summed E-state index contributed by atoms with van der Waals surface area (Å²) in [4.78, 5) is 0. The zero-order chi connectivity index (χ0) is 7.02. The van der Waals surface area contributed by atoms with Crippen LogP contribution < -0.4 is 0 Å². The fraction of sp³-hybridized carbons (Fsp3) is 1.00. The van der Waals surface area contributed by atoms with Crippen molar-refractivity contribution in [1.82, 2.24) is 0 Å². The van der Waals surface area contributed by atoms with Crippen LogP contribution in [0.25, 0.3) is 0 Å². The van der Waals surface area contributed by atoms with Gasteiger partial charge in [0.15, 0.2) is 12.3 Å². The molecule has 0 aliphatic carbocycles. The average Bonchev–Trinajstić information content (AvgIpc) is 1.98. The van der Waals surface area contributed by atoms with Gasteiger partial charge in [0, 0.05) is 0 Å². The van der Waals surface area contributed by atoms with E-state index in [4.69, 9.17) is 0 Å². The number of hydrogen-bond acceptors (Lipinski definition) is 1. The Morgan fingerprint density at radius 1 is 0.778 bits per heavy atom. The van der Waals surface area contributed by atoms with Crippen LogP contribution in [0.4, 0.5) is 17.6 Å². The van der Waals surface area contributed by atoms with E-state index < -0.39 is 25.1 Å². The lowest BCUT2D eigenvalue weighted by atomic mass is 10.3. The van der Waals surface area contributed by atoms with Crippen LogP contribution in [-0.2, 0) is 4.74 Å². The van der Waals surface area contributed by atoms with Crippen LogP contribution in [0.15, 0.2) is 0 Å². The van der Waals surface area contributed by atoms with E-state index in [1.165, 1.54) is 0 Å². The van der Waals surface area contributed by atoms with Crippen LogP contribution in [0.5, 0.6) is 0 Å². The Morgan fingerprint density at radius 2 is 1.11 bits per heavy atom. The first-order valence-corrected chi connectivity index (χ1v) is 2.34. The van der Waals surface area contributed by atoms with Gasteiger partial charge in [-0.15, -0.1) is 0 Å². The van der Waals surface area contributed by atoms with Crippen LogP contribution in [-0.4, -0.2) is 25.1 Å². The van der Waals surface area contributed by atoms with Crippen molar-refractivity contribution in [2.45, 2.75) is 25.1 Å². The second-order valence-corrected chi connectivity index (χ2v) is 1.73. The molecule has 1 heterocycles. The molecule has 54 valence electrons. The van der Waals surface area contributed by atoms with Crippen molar-refractivity contribution in [1.29, 1.82) is 0 Å². The van der Waals surface area contributed by atoms with Gasteiger partial charge in [0.25, 0.3) is 0 Å². The first-order chi connectivity index (χ1) is 4.13. The zero-order valence-corrected chi connectivity index (χ0v) is 4.23. The van der Waals surface area contributed by atoms with Crippen LogP contribution in [0.2, 0.25) is 0 Å². The average molecular weight is 144 g/mol. The van der Waals surface area contributed by atoms with E-state index in [1.54, 1.807) is 0 Å². The van der Waals surface area contributed by atoms with Crippen molar-refractivity contribution in [2.24, 2.45) is 0 Å². The second kappa shape index (κ2) is 2.13. The standard InChI is InChI=1S/C4H4F4O/c5-1-2(6)4(8)9-3(1)7/h1-4H/t1-,2-,3+,4+/m0/s1. The van der Waals surface area contributed by atoms with Crippen LogP contribution >= 0.6 is 0 Å². The zero-order valence-electron chi connectivity index (χ0n) is 4.23. The minimum atomic E-state index is -2.47. The highest BCUT2D eigenvalue weighted by molar-refractivity contribution is 4.80. The lowest BCUT2D eigenvalue weighted by molar-refractivity contribution is -0.104. The summed E-state index contributed by atoms with van der Waals surface area (Å²) in [5.41, 5.74) is 0. The monoisotopic (exact) mass is 144 g/mol. The topological polar surface area (TPSA) is 9.23 Å². The van der Waals surface area contributed by atoms with E-state index in [0.717, 1.165) is 0 Å². The summed E-state index contributed by atoms with van der Waals surface area (Å²) in [6, 6.07) is 0. The summed E-state index contributed by atoms with van der Waals surface area (Å²) in [6.07, 6.45) is -9.84. The van der Waals surface area contributed by atoms with Crippen LogP contribution in [0.1, 0.15) is 0 Å². The van der Waals surface area contributed by atoms with Gasteiger partial charge in [-0.1, -0.05) is 0 Å². The Hall–Kier alpha value is -0.320. The summed E-state index contributed by atoms with van der Waals surface area (Å²) >= 11 is 0. The van der Waals surface area contributed by atoms with Gasteiger partial charge >= 0.3 is 0 Å². The van der Waals surface area contributed by atoms with Gasteiger partial charge < -0.3 is 4.74 Å². The van der Waals surface area contributed by atoms with Gasteiger partial charge in [0.05, 0.1) is 0 Å². The van der Waals surface area contributed by atoms with E-state index in [0.29, 0.717) is 0 Å². The summed E-state index contributed by atoms with van der Waals surface area (Å²) < 4.78 is 50.7. The molecular formula is C4H4F4O. The maximum atomic E-state index is 11.8. The number of alkyl halides is 4. The van der Waals surface area contributed by atoms with Crippen molar-refractivity contribution >= 4 is 0 Å². The summed E-state index contributed by atoms with van der Waals surface area (Å²) in [6.45, 7) is 0. The lowest BCUT2D eigenvalue weighted by Crippen LogP contribution is -2.20. The third-order valence-electron chi connectivity index (χ3n) is 1.06. The van der Waals surface area contributed by atoms with E-state index in [1.807, 2.05) is 0 Å². The van der Waals surface area contributed by atoms with E-state index >= 15 is 0 Å². The summed E-state index contributed by atoms with van der Waals surface area (Å²) in [7, 11) is 0. The number of rotatable bonds is 0. The third kappa shape index (κ3) is 1.01. The van der Waals surface area contributed by atoms with Gasteiger partial charge in [0.1, 0.15) is 0 Å². The van der Waals surface area contributed by atoms with Gasteiger partial charge in [-0.05, 0) is 0 Å². The molecule has 0 radical (unpaired) electrons. The van der Waals surface area contributed by atoms with Crippen molar-refractivity contribution in [3.63, 3.8) is 0 Å². The molecule has 0 saturated carbocycles. The molecule has 0 bridgehead atoms. The molecule has 0 amide bonds. The van der Waals surface area contributed by atoms with Crippen molar-refractivity contribution < 1.29 is 22.3 Å². The molecule has 1 aliphatic heterocycles. The number of halogens is 4. The van der Waals surface area contributed by atoms with Crippen molar-refractivity contribution in [2.75, 3.05) is 0 Å². The highest BCUT2D eigenvalue weighted by Gasteiger charge is 2.46. The Labute approximate surface area is 48.6 Å². The quantitative estimate of drug-likeness (QED) is 0.465.